The summed E-state index contributed by atoms with van der Waals surface area (Å²) in [6.45, 7) is 7.28. The Balaban J connectivity index is 1.52. The number of hydrogen-bond acceptors (Lipinski definition) is 4. The number of rotatable bonds is 4. The molecule has 0 bridgehead atoms. The summed E-state index contributed by atoms with van der Waals surface area (Å²) in [7, 11) is 1.48. The molecule has 0 unspecified atom stereocenters. The molecule has 4 rings (SSSR count). The lowest BCUT2D eigenvalue weighted by Gasteiger charge is -2.62. The molecule has 0 aromatic heterocycles. The topological polar surface area (TPSA) is 66.8 Å². The number of esters is 1. The van der Waals surface area contributed by atoms with Crippen molar-refractivity contribution in [2.75, 3.05) is 7.11 Å². The average Bonchev–Trinajstić information content (AvgIpc) is 3.05. The molecular weight excluding hydrogens is 364 g/mol. The van der Waals surface area contributed by atoms with Crippen molar-refractivity contribution < 1.29 is 19.7 Å². The minimum atomic E-state index is -0.255. The van der Waals surface area contributed by atoms with Crippen molar-refractivity contribution in [3.63, 3.8) is 0 Å². The number of carbonyl (C=O) groups is 1. The van der Waals surface area contributed by atoms with E-state index < -0.39 is 0 Å². The first-order valence-corrected chi connectivity index (χ1v) is 12.1. The summed E-state index contributed by atoms with van der Waals surface area (Å²) in [5, 5.41) is 21.3. The lowest BCUT2D eigenvalue weighted by atomic mass is 9.44. The fourth-order valence-electron chi connectivity index (χ4n) is 8.90. The molecule has 0 heterocycles. The summed E-state index contributed by atoms with van der Waals surface area (Å²) in [6.07, 6.45) is 9.77. The third-order valence-corrected chi connectivity index (χ3v) is 10.4. The van der Waals surface area contributed by atoms with Gasteiger partial charge in [-0.25, -0.2) is 0 Å². The molecule has 0 radical (unpaired) electrons. The summed E-state index contributed by atoms with van der Waals surface area (Å²) >= 11 is 0. The Hall–Kier alpha value is -0.610. The highest BCUT2D eigenvalue weighted by Gasteiger charge is 2.62. The van der Waals surface area contributed by atoms with Crippen LogP contribution in [0.3, 0.4) is 0 Å². The van der Waals surface area contributed by atoms with E-state index in [0.717, 1.165) is 32.1 Å². The first-order valence-electron chi connectivity index (χ1n) is 12.1. The van der Waals surface area contributed by atoms with Crippen molar-refractivity contribution >= 4 is 5.97 Å². The van der Waals surface area contributed by atoms with Crippen LogP contribution in [-0.2, 0) is 9.53 Å². The molecule has 2 N–H and O–H groups in total. The molecule has 0 amide bonds. The first-order chi connectivity index (χ1) is 13.7. The van der Waals surface area contributed by atoms with Crippen LogP contribution in [0, 0.1) is 46.3 Å². The highest BCUT2D eigenvalue weighted by molar-refractivity contribution is 5.69. The van der Waals surface area contributed by atoms with Crippen molar-refractivity contribution in [1.29, 1.82) is 0 Å². The van der Waals surface area contributed by atoms with Crippen molar-refractivity contribution in [3.8, 4) is 0 Å². The second-order valence-corrected chi connectivity index (χ2v) is 11.5. The van der Waals surface area contributed by atoms with Gasteiger partial charge in [0.1, 0.15) is 0 Å². The third kappa shape index (κ3) is 3.46. The molecule has 0 saturated heterocycles. The highest BCUT2D eigenvalue weighted by Crippen LogP contribution is 2.68. The maximum absolute atomic E-state index is 11.6. The van der Waals surface area contributed by atoms with E-state index in [2.05, 4.69) is 20.8 Å². The number of hydrogen-bond donors (Lipinski definition) is 2. The molecule has 166 valence electrons. The van der Waals surface area contributed by atoms with E-state index in [1.165, 1.54) is 32.8 Å². The average molecular weight is 407 g/mol. The first kappa shape index (κ1) is 21.6. The Kier molecular flexibility index (Phi) is 5.83. The van der Waals surface area contributed by atoms with Gasteiger partial charge in [0.25, 0.3) is 0 Å². The zero-order chi connectivity index (χ0) is 21.0. The van der Waals surface area contributed by atoms with Crippen LogP contribution in [0.25, 0.3) is 0 Å². The zero-order valence-electron chi connectivity index (χ0n) is 18.9. The Bertz CT molecular complexity index is 620. The van der Waals surface area contributed by atoms with E-state index in [4.69, 9.17) is 4.74 Å². The zero-order valence-corrected chi connectivity index (χ0v) is 18.9. The van der Waals surface area contributed by atoms with E-state index >= 15 is 0 Å². The summed E-state index contributed by atoms with van der Waals surface area (Å²) in [6, 6.07) is 0. The number of carbonyl (C=O) groups excluding carboxylic acids is 1. The molecule has 0 aliphatic heterocycles. The second kappa shape index (κ2) is 7.82. The minimum absolute atomic E-state index is 0.0888. The van der Waals surface area contributed by atoms with E-state index in [1.807, 2.05) is 0 Å². The molecule has 0 aromatic rings. The fourth-order valence-corrected chi connectivity index (χ4v) is 8.90. The van der Waals surface area contributed by atoms with Crippen LogP contribution in [-0.4, -0.2) is 35.5 Å². The fraction of sp³-hybridized carbons (Fsp3) is 0.960. The van der Waals surface area contributed by atoms with Crippen molar-refractivity contribution in [3.05, 3.63) is 0 Å². The maximum atomic E-state index is 11.6. The molecule has 10 atom stereocenters. The van der Waals surface area contributed by atoms with Gasteiger partial charge in [-0.2, -0.15) is 0 Å². The number of ether oxygens (including phenoxy) is 1. The molecule has 4 aliphatic rings. The third-order valence-electron chi connectivity index (χ3n) is 10.4. The Morgan fingerprint density at radius 3 is 2.41 bits per heavy atom. The second-order valence-electron chi connectivity index (χ2n) is 11.5. The predicted octanol–water partition coefficient (Wildman–Crippen LogP) is 4.57. The summed E-state index contributed by atoms with van der Waals surface area (Å²) in [5.74, 6) is 3.42. The number of aliphatic hydroxyl groups excluding tert-OH is 2. The Morgan fingerprint density at radius 1 is 1.00 bits per heavy atom. The van der Waals surface area contributed by atoms with Gasteiger partial charge in [-0.05, 0) is 104 Å². The van der Waals surface area contributed by atoms with Gasteiger partial charge in [0, 0.05) is 6.42 Å². The smallest absolute Gasteiger partial charge is 0.305 e. The minimum Gasteiger partial charge on any atom is -0.469 e. The molecule has 4 aliphatic carbocycles. The van der Waals surface area contributed by atoms with Gasteiger partial charge >= 0.3 is 5.97 Å². The molecule has 0 aromatic carbocycles. The van der Waals surface area contributed by atoms with Crippen molar-refractivity contribution in [1.82, 2.24) is 0 Å². The van der Waals surface area contributed by atoms with E-state index in [0.29, 0.717) is 41.4 Å². The van der Waals surface area contributed by atoms with Crippen molar-refractivity contribution in [2.24, 2.45) is 46.3 Å². The van der Waals surface area contributed by atoms with Gasteiger partial charge in [0.05, 0.1) is 19.3 Å². The lowest BCUT2D eigenvalue weighted by Crippen LogP contribution is -2.58. The van der Waals surface area contributed by atoms with Gasteiger partial charge < -0.3 is 14.9 Å². The van der Waals surface area contributed by atoms with Gasteiger partial charge in [-0.15, -0.1) is 0 Å². The normalized spacial score (nSPS) is 50.2. The molecule has 29 heavy (non-hydrogen) atoms. The van der Waals surface area contributed by atoms with Crippen LogP contribution in [0.2, 0.25) is 0 Å². The SMILES string of the molecule is COC(=O)CC[C@@H](C)[C@H]1CC[C@@H]2[C@H]3C[C@H](O)[C@@H]4C[C@H](O)CC[C@]4(C)[C@@H]3CC[C@@]21C. The van der Waals surface area contributed by atoms with Gasteiger partial charge in [-0.1, -0.05) is 20.8 Å². The lowest BCUT2D eigenvalue weighted by molar-refractivity contribution is -0.172. The summed E-state index contributed by atoms with van der Waals surface area (Å²) < 4.78 is 4.86. The van der Waals surface area contributed by atoms with Gasteiger partial charge in [-0.3, -0.25) is 4.79 Å². The van der Waals surface area contributed by atoms with Crippen molar-refractivity contribution in [2.45, 2.75) is 97.2 Å². The largest absolute Gasteiger partial charge is 0.469 e. The van der Waals surface area contributed by atoms with E-state index in [-0.39, 0.29) is 29.5 Å². The number of aliphatic hydroxyl groups is 2. The quantitative estimate of drug-likeness (QED) is 0.671. The van der Waals surface area contributed by atoms with E-state index in [9.17, 15) is 15.0 Å². The Labute approximate surface area is 176 Å². The van der Waals surface area contributed by atoms with Crippen LogP contribution in [0.15, 0.2) is 0 Å². The number of fused-ring (bicyclic) bond motifs is 5. The van der Waals surface area contributed by atoms with E-state index in [1.54, 1.807) is 0 Å². The standard InChI is InChI=1S/C25H42O4/c1-15(5-8-23(28)29-4)18-6-7-19-17-14-22(27)21-13-16(26)9-11-25(21,3)20(17)10-12-24(18,19)2/h15-22,26-27H,5-14H2,1-4H3/t15-,16-,17-,18-,19-,20-,21+,22+,24-,25-/m1/s1. The van der Waals surface area contributed by atoms with Crippen LogP contribution in [0.4, 0.5) is 0 Å². The predicted molar refractivity (Wildman–Crippen MR) is 113 cm³/mol. The van der Waals surface area contributed by atoms with Crippen LogP contribution in [0.5, 0.6) is 0 Å². The van der Waals surface area contributed by atoms with Gasteiger partial charge in [0.15, 0.2) is 0 Å². The van der Waals surface area contributed by atoms with Gasteiger partial charge in [0.2, 0.25) is 0 Å². The molecule has 4 heteroatoms. The van der Waals surface area contributed by atoms with Crippen LogP contribution in [0.1, 0.15) is 85.0 Å². The molecule has 4 saturated carbocycles. The molecule has 4 nitrogen and oxygen atoms in total. The highest BCUT2D eigenvalue weighted by atomic mass is 16.5. The molecular formula is C25H42O4. The molecule has 0 spiro atoms. The summed E-state index contributed by atoms with van der Waals surface area (Å²) in [4.78, 5) is 11.6. The monoisotopic (exact) mass is 406 g/mol. The van der Waals surface area contributed by atoms with Crippen LogP contribution < -0.4 is 0 Å². The number of methoxy groups -OCH3 is 1. The maximum Gasteiger partial charge on any atom is 0.305 e. The summed E-state index contributed by atoms with van der Waals surface area (Å²) in [5.41, 5.74) is 0.533. The van der Waals surface area contributed by atoms with Crippen LogP contribution >= 0.6 is 0 Å². The Morgan fingerprint density at radius 2 is 1.69 bits per heavy atom. The molecule has 4 fully saturated rings.